The predicted molar refractivity (Wildman–Crippen MR) is 82.2 cm³/mol. The van der Waals surface area contributed by atoms with Crippen LogP contribution in [0.5, 0.6) is 0 Å². The van der Waals surface area contributed by atoms with Gasteiger partial charge in [0, 0.05) is 12.1 Å². The second-order valence-corrected chi connectivity index (χ2v) is 4.17. The van der Waals surface area contributed by atoms with Crippen LogP contribution in [-0.2, 0) is 0 Å². The number of anilines is 2. The number of nitrogen functional groups attached to an aromatic ring is 2. The minimum atomic E-state index is 0. The van der Waals surface area contributed by atoms with E-state index in [9.17, 15) is 0 Å². The summed E-state index contributed by atoms with van der Waals surface area (Å²) in [5.74, 6) is 0.535. The first-order valence-electron chi connectivity index (χ1n) is 6.10. The lowest BCUT2D eigenvalue weighted by Gasteiger charge is -2.04. The highest BCUT2D eigenvalue weighted by molar-refractivity contribution is 5.98. The van der Waals surface area contributed by atoms with Crippen molar-refractivity contribution in [1.29, 1.82) is 0 Å². The van der Waals surface area contributed by atoms with Crippen LogP contribution in [0.4, 0.5) is 11.4 Å². The van der Waals surface area contributed by atoms with E-state index in [2.05, 4.69) is 11.9 Å². The Labute approximate surface area is 115 Å². The lowest BCUT2D eigenvalue weighted by molar-refractivity contribution is 0.675. The largest absolute Gasteiger partial charge is 0.397 e. The maximum atomic E-state index is 5.88. The standard InChI is InChI=1S/C13H22N4.ClH/c1-2-3-4-5-8-17-13(16)10-6-7-11(14)12(15)9-10;/h6-7,9H,2-5,8,14-15H2,1H3,(H2,16,17);1H. The number of halogens is 1. The molecule has 1 aromatic rings. The van der Waals surface area contributed by atoms with Gasteiger partial charge < -0.3 is 17.2 Å². The molecule has 1 aromatic carbocycles. The summed E-state index contributed by atoms with van der Waals surface area (Å²) >= 11 is 0. The number of hydrogen-bond acceptors (Lipinski definition) is 3. The van der Waals surface area contributed by atoms with E-state index >= 15 is 0 Å². The van der Waals surface area contributed by atoms with Gasteiger partial charge in [-0.25, -0.2) is 0 Å². The third-order valence-electron chi connectivity index (χ3n) is 2.68. The third kappa shape index (κ3) is 5.27. The number of benzene rings is 1. The molecule has 0 aliphatic carbocycles. The molecule has 0 aromatic heterocycles. The highest BCUT2D eigenvalue weighted by Gasteiger charge is 2.00. The van der Waals surface area contributed by atoms with Gasteiger partial charge in [-0.3, -0.25) is 4.99 Å². The van der Waals surface area contributed by atoms with Gasteiger partial charge in [0.2, 0.25) is 0 Å². The Morgan fingerprint density at radius 1 is 1.11 bits per heavy atom. The molecule has 1 rings (SSSR count). The number of hydrogen-bond donors (Lipinski definition) is 3. The Kier molecular flexibility index (Phi) is 7.96. The first kappa shape index (κ1) is 16.6. The van der Waals surface area contributed by atoms with Crippen molar-refractivity contribution in [1.82, 2.24) is 0 Å². The van der Waals surface area contributed by atoms with E-state index in [1.54, 1.807) is 12.1 Å². The van der Waals surface area contributed by atoms with E-state index in [0.29, 0.717) is 17.2 Å². The van der Waals surface area contributed by atoms with Crippen LogP contribution >= 0.6 is 12.4 Å². The lowest BCUT2D eigenvalue weighted by atomic mass is 10.1. The Bertz CT molecular complexity index is 391. The molecule has 0 saturated heterocycles. The minimum Gasteiger partial charge on any atom is -0.397 e. The summed E-state index contributed by atoms with van der Waals surface area (Å²) in [7, 11) is 0. The molecule has 18 heavy (non-hydrogen) atoms. The van der Waals surface area contributed by atoms with E-state index < -0.39 is 0 Å². The van der Waals surface area contributed by atoms with Crippen LogP contribution in [0.25, 0.3) is 0 Å². The zero-order valence-electron chi connectivity index (χ0n) is 10.9. The smallest absolute Gasteiger partial charge is 0.125 e. The quantitative estimate of drug-likeness (QED) is 0.321. The van der Waals surface area contributed by atoms with Crippen molar-refractivity contribution in [3.8, 4) is 0 Å². The summed E-state index contributed by atoms with van der Waals surface area (Å²) in [6.07, 6.45) is 4.77. The van der Waals surface area contributed by atoms with Crippen molar-refractivity contribution in [3.63, 3.8) is 0 Å². The van der Waals surface area contributed by atoms with Crippen molar-refractivity contribution < 1.29 is 0 Å². The van der Waals surface area contributed by atoms with Gasteiger partial charge in [-0.15, -0.1) is 12.4 Å². The zero-order valence-corrected chi connectivity index (χ0v) is 11.7. The van der Waals surface area contributed by atoms with Crippen molar-refractivity contribution >= 4 is 29.6 Å². The minimum absolute atomic E-state index is 0. The Morgan fingerprint density at radius 3 is 2.44 bits per heavy atom. The molecule has 0 amide bonds. The lowest BCUT2D eigenvalue weighted by Crippen LogP contribution is -2.14. The molecule has 4 nitrogen and oxygen atoms in total. The molecule has 0 bridgehead atoms. The van der Waals surface area contributed by atoms with Crippen LogP contribution in [0.1, 0.15) is 38.2 Å². The highest BCUT2D eigenvalue weighted by atomic mass is 35.5. The summed E-state index contributed by atoms with van der Waals surface area (Å²) in [6.45, 7) is 2.96. The maximum absolute atomic E-state index is 5.88. The summed E-state index contributed by atoms with van der Waals surface area (Å²) < 4.78 is 0. The number of aliphatic imine (C=N–C) groups is 1. The second kappa shape index (κ2) is 8.64. The highest BCUT2D eigenvalue weighted by Crippen LogP contribution is 2.15. The average Bonchev–Trinajstić information content (AvgIpc) is 2.32. The molecule has 0 spiro atoms. The fourth-order valence-corrected chi connectivity index (χ4v) is 1.56. The Balaban J connectivity index is 0.00000289. The van der Waals surface area contributed by atoms with Crippen LogP contribution in [0.3, 0.4) is 0 Å². The van der Waals surface area contributed by atoms with Gasteiger partial charge in [0.05, 0.1) is 11.4 Å². The van der Waals surface area contributed by atoms with E-state index in [-0.39, 0.29) is 12.4 Å². The third-order valence-corrected chi connectivity index (χ3v) is 2.68. The molecule has 102 valence electrons. The summed E-state index contributed by atoms with van der Waals surface area (Å²) in [4.78, 5) is 4.34. The molecular formula is C13H23ClN4. The summed E-state index contributed by atoms with van der Waals surface area (Å²) in [5.41, 5.74) is 19.2. The summed E-state index contributed by atoms with van der Waals surface area (Å²) in [6, 6.07) is 5.36. The SMILES string of the molecule is CCCCCCN=C(N)c1ccc(N)c(N)c1.Cl. The first-order valence-corrected chi connectivity index (χ1v) is 6.10. The number of nitrogens with zero attached hydrogens (tertiary/aromatic N) is 1. The van der Waals surface area contributed by atoms with Crippen molar-refractivity contribution in [2.75, 3.05) is 18.0 Å². The molecular weight excluding hydrogens is 248 g/mol. The van der Waals surface area contributed by atoms with Gasteiger partial charge in [-0.2, -0.15) is 0 Å². The van der Waals surface area contributed by atoms with Crippen LogP contribution in [-0.4, -0.2) is 12.4 Å². The molecule has 0 atom stereocenters. The Hall–Kier alpha value is -1.42. The molecule has 0 heterocycles. The van der Waals surface area contributed by atoms with E-state index in [1.165, 1.54) is 19.3 Å². The normalized spacial score (nSPS) is 11.1. The molecule has 0 aliphatic heterocycles. The van der Waals surface area contributed by atoms with Gasteiger partial charge in [-0.05, 0) is 24.6 Å². The van der Waals surface area contributed by atoms with E-state index in [0.717, 1.165) is 18.5 Å². The van der Waals surface area contributed by atoms with Gasteiger partial charge in [0.25, 0.3) is 0 Å². The molecule has 0 fully saturated rings. The number of nitrogens with two attached hydrogens (primary N) is 3. The Morgan fingerprint density at radius 2 is 1.83 bits per heavy atom. The van der Waals surface area contributed by atoms with Gasteiger partial charge in [0.1, 0.15) is 5.84 Å². The predicted octanol–water partition coefficient (Wildman–Crippen LogP) is 2.56. The fourth-order valence-electron chi connectivity index (χ4n) is 1.56. The van der Waals surface area contributed by atoms with E-state index in [4.69, 9.17) is 17.2 Å². The van der Waals surface area contributed by atoms with Gasteiger partial charge >= 0.3 is 0 Å². The van der Waals surface area contributed by atoms with Crippen LogP contribution < -0.4 is 17.2 Å². The summed E-state index contributed by atoms with van der Waals surface area (Å²) in [5, 5.41) is 0. The van der Waals surface area contributed by atoms with Gasteiger partial charge in [-0.1, -0.05) is 26.2 Å². The maximum Gasteiger partial charge on any atom is 0.125 e. The van der Waals surface area contributed by atoms with Gasteiger partial charge in [0.15, 0.2) is 0 Å². The first-order chi connectivity index (χ1) is 8.15. The fraction of sp³-hybridized carbons (Fsp3) is 0.462. The number of amidine groups is 1. The van der Waals surface area contributed by atoms with Crippen LogP contribution in [0.2, 0.25) is 0 Å². The van der Waals surface area contributed by atoms with Crippen molar-refractivity contribution in [3.05, 3.63) is 23.8 Å². The molecule has 0 saturated carbocycles. The molecule has 0 aliphatic rings. The average molecular weight is 271 g/mol. The monoisotopic (exact) mass is 270 g/mol. The van der Waals surface area contributed by atoms with Crippen LogP contribution in [0.15, 0.2) is 23.2 Å². The zero-order chi connectivity index (χ0) is 12.7. The molecule has 0 radical (unpaired) electrons. The second-order valence-electron chi connectivity index (χ2n) is 4.17. The number of rotatable bonds is 6. The van der Waals surface area contributed by atoms with E-state index in [1.807, 2.05) is 6.07 Å². The molecule has 6 N–H and O–H groups in total. The van der Waals surface area contributed by atoms with Crippen molar-refractivity contribution in [2.24, 2.45) is 10.7 Å². The number of unbranched alkanes of at least 4 members (excludes halogenated alkanes) is 3. The van der Waals surface area contributed by atoms with Crippen molar-refractivity contribution in [2.45, 2.75) is 32.6 Å². The molecule has 0 unspecified atom stereocenters. The molecule has 5 heteroatoms. The topological polar surface area (TPSA) is 90.4 Å². The van der Waals surface area contributed by atoms with Crippen LogP contribution in [0, 0.1) is 0 Å².